The fourth-order valence-corrected chi connectivity index (χ4v) is 4.63. The first-order valence-electron chi connectivity index (χ1n) is 8.70. The summed E-state index contributed by atoms with van der Waals surface area (Å²) >= 11 is 0. The minimum Gasteiger partial charge on any atom is -0.464 e. The van der Waals surface area contributed by atoms with Crippen LogP contribution in [-0.4, -0.2) is 36.2 Å². The summed E-state index contributed by atoms with van der Waals surface area (Å²) in [7, 11) is 2.74. The number of anilines is 1. The van der Waals surface area contributed by atoms with Gasteiger partial charge in [-0.15, -0.1) is 0 Å². The summed E-state index contributed by atoms with van der Waals surface area (Å²) in [6, 6.07) is 15.7. The Bertz CT molecular complexity index is 815. The van der Waals surface area contributed by atoms with Crippen molar-refractivity contribution in [2.75, 3.05) is 17.7 Å². The molecule has 2 rings (SSSR count). The van der Waals surface area contributed by atoms with Crippen molar-refractivity contribution in [1.29, 1.82) is 0 Å². The number of amides is 2. The van der Waals surface area contributed by atoms with Gasteiger partial charge >= 0.3 is 5.97 Å². The molecule has 148 valence electrons. The number of para-hydroxylation sites is 1. The smallest absolute Gasteiger partial charge is 0.329 e. The zero-order chi connectivity index (χ0) is 20.4. The maximum atomic E-state index is 12.6. The van der Waals surface area contributed by atoms with Gasteiger partial charge in [0.2, 0.25) is 5.91 Å². The molecular weight excluding hydrogens is 396 g/mol. The maximum Gasteiger partial charge on any atom is 0.329 e. The van der Waals surface area contributed by atoms with Crippen LogP contribution in [0.3, 0.4) is 0 Å². The fraction of sp³-hybridized carbons (Fsp3) is 0.250. The standard InChI is InChI=1S/C20H22N2O4S2/c1-3-26-20(25)17(21-14(2)23)13-27-28-18-12-8-7-11-16(18)19(24)22-15-9-5-4-6-10-15/h4-12,17H,3,13H2,1-2H3,(H,21,23)(H,22,24). The molecule has 28 heavy (non-hydrogen) atoms. The van der Waals surface area contributed by atoms with E-state index in [2.05, 4.69) is 10.6 Å². The average Bonchev–Trinajstić information content (AvgIpc) is 2.68. The molecule has 1 unspecified atom stereocenters. The molecule has 0 aliphatic carbocycles. The van der Waals surface area contributed by atoms with Crippen molar-refractivity contribution in [2.45, 2.75) is 24.8 Å². The summed E-state index contributed by atoms with van der Waals surface area (Å²) in [5.41, 5.74) is 1.25. The molecule has 1 atom stereocenters. The molecule has 0 aliphatic heterocycles. The summed E-state index contributed by atoms with van der Waals surface area (Å²) in [4.78, 5) is 36.7. The molecule has 6 nitrogen and oxygen atoms in total. The van der Waals surface area contributed by atoms with Gasteiger partial charge in [-0.3, -0.25) is 9.59 Å². The Hall–Kier alpha value is -2.45. The summed E-state index contributed by atoms with van der Waals surface area (Å²) in [6.45, 7) is 3.31. The minimum absolute atomic E-state index is 0.210. The number of carbonyl (C=O) groups is 3. The summed E-state index contributed by atoms with van der Waals surface area (Å²) in [5.74, 6) is -0.663. The number of carbonyl (C=O) groups excluding carboxylic acids is 3. The topological polar surface area (TPSA) is 84.5 Å². The summed E-state index contributed by atoms with van der Waals surface area (Å²) in [6.07, 6.45) is 0. The van der Waals surface area contributed by atoms with E-state index >= 15 is 0 Å². The molecule has 0 aliphatic rings. The molecule has 2 aromatic rings. The third-order valence-electron chi connectivity index (χ3n) is 3.50. The highest BCUT2D eigenvalue weighted by molar-refractivity contribution is 8.76. The van der Waals surface area contributed by atoms with Gasteiger partial charge in [-0.2, -0.15) is 0 Å². The van der Waals surface area contributed by atoms with Gasteiger partial charge in [-0.1, -0.05) is 51.9 Å². The first-order valence-corrected chi connectivity index (χ1v) is 11.0. The van der Waals surface area contributed by atoms with Crippen molar-refractivity contribution < 1.29 is 19.1 Å². The Balaban J connectivity index is 2.01. The van der Waals surface area contributed by atoms with Gasteiger partial charge in [-0.05, 0) is 31.2 Å². The number of benzene rings is 2. The number of rotatable bonds is 9. The Morgan fingerprint density at radius 3 is 2.39 bits per heavy atom. The van der Waals surface area contributed by atoms with Crippen LogP contribution in [0, 0.1) is 0 Å². The first kappa shape index (κ1) is 21.8. The van der Waals surface area contributed by atoms with Crippen LogP contribution in [0.5, 0.6) is 0 Å². The number of nitrogens with one attached hydrogen (secondary N) is 2. The molecule has 0 bridgehead atoms. The number of hydrogen-bond donors (Lipinski definition) is 2. The third-order valence-corrected chi connectivity index (χ3v) is 5.92. The van der Waals surface area contributed by atoms with E-state index < -0.39 is 12.0 Å². The van der Waals surface area contributed by atoms with Crippen LogP contribution in [0.2, 0.25) is 0 Å². The molecule has 0 saturated heterocycles. The second kappa shape index (κ2) is 11.4. The molecule has 2 amide bonds. The highest BCUT2D eigenvalue weighted by Gasteiger charge is 2.21. The van der Waals surface area contributed by atoms with Crippen LogP contribution >= 0.6 is 21.6 Å². The number of hydrogen-bond acceptors (Lipinski definition) is 6. The molecule has 0 spiro atoms. The molecule has 0 saturated carbocycles. The number of esters is 1. The molecule has 2 aromatic carbocycles. The van der Waals surface area contributed by atoms with E-state index in [1.165, 1.54) is 28.5 Å². The lowest BCUT2D eigenvalue weighted by molar-refractivity contribution is -0.146. The first-order chi connectivity index (χ1) is 13.5. The van der Waals surface area contributed by atoms with Gasteiger partial charge in [0.15, 0.2) is 0 Å². The molecule has 0 fully saturated rings. The molecular formula is C20H22N2O4S2. The van der Waals surface area contributed by atoms with Gasteiger partial charge in [0, 0.05) is 23.3 Å². The van der Waals surface area contributed by atoms with Crippen LogP contribution in [0.25, 0.3) is 0 Å². The fourth-order valence-electron chi connectivity index (χ4n) is 2.27. The second-order valence-corrected chi connectivity index (χ2v) is 8.07. The highest BCUT2D eigenvalue weighted by atomic mass is 33.1. The average molecular weight is 419 g/mol. The SMILES string of the molecule is CCOC(=O)C(CSSc1ccccc1C(=O)Nc1ccccc1)NC(C)=O. The van der Waals surface area contributed by atoms with Crippen molar-refractivity contribution >= 4 is 45.1 Å². The van der Waals surface area contributed by atoms with Gasteiger partial charge in [0.25, 0.3) is 5.91 Å². The van der Waals surface area contributed by atoms with Crippen molar-refractivity contribution in [3.05, 3.63) is 60.2 Å². The van der Waals surface area contributed by atoms with Gasteiger partial charge in [-0.25, -0.2) is 4.79 Å². The van der Waals surface area contributed by atoms with Crippen molar-refractivity contribution in [3.63, 3.8) is 0 Å². The predicted octanol–water partition coefficient (Wildman–Crippen LogP) is 3.75. The predicted molar refractivity (Wildman–Crippen MR) is 113 cm³/mol. The van der Waals surface area contributed by atoms with E-state index in [0.29, 0.717) is 17.0 Å². The monoisotopic (exact) mass is 418 g/mol. The van der Waals surface area contributed by atoms with E-state index in [1.54, 1.807) is 19.1 Å². The van der Waals surface area contributed by atoms with Crippen molar-refractivity contribution in [3.8, 4) is 0 Å². The van der Waals surface area contributed by atoms with Gasteiger partial charge in [0.1, 0.15) is 6.04 Å². The number of ether oxygens (including phenoxy) is 1. The zero-order valence-corrected chi connectivity index (χ0v) is 17.3. The summed E-state index contributed by atoms with van der Waals surface area (Å²) < 4.78 is 5.00. The zero-order valence-electron chi connectivity index (χ0n) is 15.6. The van der Waals surface area contributed by atoms with E-state index in [-0.39, 0.29) is 18.4 Å². The lowest BCUT2D eigenvalue weighted by atomic mass is 10.2. The Morgan fingerprint density at radius 1 is 1.04 bits per heavy atom. The van der Waals surface area contributed by atoms with Crippen LogP contribution in [0.15, 0.2) is 59.5 Å². The summed E-state index contributed by atoms with van der Waals surface area (Å²) in [5, 5.41) is 5.46. The van der Waals surface area contributed by atoms with Crippen LogP contribution in [0.4, 0.5) is 5.69 Å². The molecule has 0 aromatic heterocycles. The largest absolute Gasteiger partial charge is 0.464 e. The lowest BCUT2D eigenvalue weighted by Gasteiger charge is -2.16. The Kier molecular flexibility index (Phi) is 8.90. The molecule has 0 radical (unpaired) electrons. The van der Waals surface area contributed by atoms with Crippen LogP contribution in [-0.2, 0) is 14.3 Å². The maximum absolute atomic E-state index is 12.6. The van der Waals surface area contributed by atoms with E-state index in [1.807, 2.05) is 42.5 Å². The van der Waals surface area contributed by atoms with Crippen molar-refractivity contribution in [1.82, 2.24) is 5.32 Å². The van der Waals surface area contributed by atoms with Crippen LogP contribution < -0.4 is 10.6 Å². The normalized spacial score (nSPS) is 11.4. The Labute approximate surface area is 172 Å². The molecule has 2 N–H and O–H groups in total. The second-order valence-electron chi connectivity index (χ2n) is 5.69. The van der Waals surface area contributed by atoms with E-state index in [9.17, 15) is 14.4 Å². The minimum atomic E-state index is -0.736. The van der Waals surface area contributed by atoms with Gasteiger partial charge < -0.3 is 15.4 Å². The highest BCUT2D eigenvalue weighted by Crippen LogP contribution is 2.34. The third kappa shape index (κ3) is 6.94. The van der Waals surface area contributed by atoms with Crippen molar-refractivity contribution in [2.24, 2.45) is 0 Å². The lowest BCUT2D eigenvalue weighted by Crippen LogP contribution is -2.42. The van der Waals surface area contributed by atoms with Crippen LogP contribution in [0.1, 0.15) is 24.2 Å². The van der Waals surface area contributed by atoms with Gasteiger partial charge in [0.05, 0.1) is 12.2 Å². The van der Waals surface area contributed by atoms with E-state index in [4.69, 9.17) is 4.74 Å². The molecule has 0 heterocycles. The van der Waals surface area contributed by atoms with E-state index in [0.717, 1.165) is 4.90 Å². The molecule has 8 heteroatoms. The quantitative estimate of drug-likeness (QED) is 0.477. The Morgan fingerprint density at radius 2 is 1.71 bits per heavy atom.